The van der Waals surface area contributed by atoms with Gasteiger partial charge in [-0.1, -0.05) is 6.92 Å². The summed E-state index contributed by atoms with van der Waals surface area (Å²) in [7, 11) is 0. The molecule has 2 heterocycles. The van der Waals surface area contributed by atoms with E-state index in [-0.39, 0.29) is 5.38 Å². The molecular formula is C25H32ClN6O2+. The minimum atomic E-state index is -0.556. The van der Waals surface area contributed by atoms with E-state index in [1.165, 1.54) is 0 Å². The number of hydrogen-bond donors (Lipinski definition) is 5. The number of benzene rings is 2. The topological polar surface area (TPSA) is 121 Å². The van der Waals surface area contributed by atoms with Crippen molar-refractivity contribution in [2.75, 3.05) is 28.6 Å². The summed E-state index contributed by atoms with van der Waals surface area (Å²) in [4.78, 5) is 14.6. The van der Waals surface area contributed by atoms with Crippen molar-refractivity contribution in [1.82, 2.24) is 5.10 Å². The van der Waals surface area contributed by atoms with E-state index in [0.29, 0.717) is 29.5 Å². The molecule has 1 aromatic heterocycles. The Morgan fingerprint density at radius 2 is 1.97 bits per heavy atom. The zero-order valence-corrected chi connectivity index (χ0v) is 20.3. The molecule has 1 fully saturated rings. The van der Waals surface area contributed by atoms with Crippen molar-refractivity contribution >= 4 is 40.5 Å². The lowest BCUT2D eigenvalue weighted by Gasteiger charge is -2.31. The molecule has 8 nitrogen and oxygen atoms in total. The van der Waals surface area contributed by atoms with Crippen molar-refractivity contribution < 1.29 is 15.0 Å². The van der Waals surface area contributed by atoms with Crippen LogP contribution in [0.1, 0.15) is 46.8 Å². The van der Waals surface area contributed by atoms with E-state index in [9.17, 15) is 9.90 Å². The van der Waals surface area contributed by atoms with Crippen LogP contribution in [0.25, 0.3) is 0 Å². The highest BCUT2D eigenvalue weighted by molar-refractivity contribution is 6.20. The molecule has 34 heavy (non-hydrogen) atoms. The van der Waals surface area contributed by atoms with Gasteiger partial charge in [0.15, 0.2) is 11.4 Å². The number of rotatable bonds is 8. The summed E-state index contributed by atoms with van der Waals surface area (Å²) in [6.07, 6.45) is 2.71. The maximum absolute atomic E-state index is 12.2. The number of phenols is 1. The lowest BCUT2D eigenvalue weighted by Crippen LogP contribution is -2.33. The van der Waals surface area contributed by atoms with Gasteiger partial charge in [0.1, 0.15) is 12.3 Å². The number of aryl methyl sites for hydroxylation is 2. The summed E-state index contributed by atoms with van der Waals surface area (Å²) >= 11 is 6.22. The number of piperidine rings is 1. The fraction of sp³-hybridized carbons (Fsp3) is 0.360. The quantitative estimate of drug-likeness (QED) is 0.309. The Morgan fingerprint density at radius 1 is 1.26 bits per heavy atom. The number of aromatic nitrogens is 2. The molecule has 0 radical (unpaired) electrons. The maximum atomic E-state index is 12.2. The van der Waals surface area contributed by atoms with Gasteiger partial charge in [0, 0.05) is 29.8 Å². The van der Waals surface area contributed by atoms with Crippen LogP contribution >= 0.6 is 11.6 Å². The predicted molar refractivity (Wildman–Crippen MR) is 136 cm³/mol. The Labute approximate surface area is 204 Å². The van der Waals surface area contributed by atoms with Crippen LogP contribution in [0.3, 0.4) is 0 Å². The maximum Gasteiger partial charge on any atom is 0.308 e. The van der Waals surface area contributed by atoms with Crippen molar-refractivity contribution in [1.29, 1.82) is 0 Å². The third kappa shape index (κ3) is 5.22. The number of phenolic OH excluding ortho intramolecular Hbond substituents is 1. The molecule has 1 aliphatic rings. The molecular weight excluding hydrogens is 452 g/mol. The molecule has 3 aromatic rings. The van der Waals surface area contributed by atoms with Gasteiger partial charge in [-0.05, 0) is 79.3 Å². The molecule has 9 heteroatoms. The smallest absolute Gasteiger partial charge is 0.308 e. The van der Waals surface area contributed by atoms with Crippen LogP contribution in [0, 0.1) is 6.92 Å². The lowest BCUT2D eigenvalue weighted by atomic mass is 10.0. The highest BCUT2D eigenvalue weighted by atomic mass is 35.5. The third-order valence-electron chi connectivity index (χ3n) is 6.27. The lowest BCUT2D eigenvalue weighted by molar-refractivity contribution is -0.432. The van der Waals surface area contributed by atoms with Gasteiger partial charge in [-0.3, -0.25) is 10.1 Å². The van der Waals surface area contributed by atoms with Crippen LogP contribution < -0.4 is 26.4 Å². The molecule has 1 saturated heterocycles. The Hall–Kier alpha value is -3.39. The molecule has 0 unspecified atom stereocenters. The predicted octanol–water partition coefficient (Wildman–Crippen LogP) is 4.07. The van der Waals surface area contributed by atoms with E-state index in [2.05, 4.69) is 37.9 Å². The summed E-state index contributed by atoms with van der Waals surface area (Å²) in [6, 6.07) is 12.0. The number of carbonyl (C=O) groups is 1. The van der Waals surface area contributed by atoms with Crippen molar-refractivity contribution in [3.63, 3.8) is 0 Å². The first-order chi connectivity index (χ1) is 16.4. The van der Waals surface area contributed by atoms with Crippen LogP contribution in [-0.4, -0.2) is 34.6 Å². The van der Waals surface area contributed by atoms with Gasteiger partial charge in [0.05, 0.1) is 0 Å². The number of alkyl halides is 1. The van der Waals surface area contributed by atoms with E-state index in [1.807, 2.05) is 38.1 Å². The van der Waals surface area contributed by atoms with Gasteiger partial charge in [-0.2, -0.15) is 5.10 Å². The molecule has 4 rings (SSSR count). The molecule has 0 bridgehead atoms. The number of amides is 1. The standard InChI is InChI=1S/C25H31ClN6O2/c1-3-17-13-16(12-15(2)22(17)33)14-28-24-21(23(27)34)25(31-30-24)29-19-4-6-20(7-5-19)32-10-8-18(26)9-11-32/h4-7,12-13,18,33H,3,8-11,14H2,1-2H3,(H2,27,34)(H3,28,29,30,31)/p+1. The van der Waals surface area contributed by atoms with Crippen molar-refractivity contribution in [3.8, 4) is 5.75 Å². The largest absolute Gasteiger partial charge is 0.507 e. The molecule has 0 saturated carbocycles. The number of nitrogens with two attached hydrogens (primary N) is 1. The minimum absolute atomic E-state index is 0.267. The average molecular weight is 484 g/mol. The first-order valence-corrected chi connectivity index (χ1v) is 12.0. The molecule has 0 aliphatic carbocycles. The second-order valence-electron chi connectivity index (χ2n) is 8.70. The zero-order chi connectivity index (χ0) is 24.2. The summed E-state index contributed by atoms with van der Waals surface area (Å²) in [6.45, 7) is 6.25. The van der Waals surface area contributed by atoms with Crippen molar-refractivity contribution in [2.24, 2.45) is 5.73 Å². The Bertz CT molecular complexity index is 1150. The van der Waals surface area contributed by atoms with Gasteiger partial charge in [0.25, 0.3) is 5.91 Å². The van der Waals surface area contributed by atoms with E-state index in [4.69, 9.17) is 17.3 Å². The molecule has 1 aliphatic heterocycles. The molecule has 1 amide bonds. The van der Waals surface area contributed by atoms with E-state index in [0.717, 1.165) is 60.4 Å². The molecule has 7 N–H and O–H groups in total. The fourth-order valence-electron chi connectivity index (χ4n) is 4.35. The van der Waals surface area contributed by atoms with Crippen LogP contribution in [0.5, 0.6) is 5.75 Å². The number of carbonyl (C=O) groups excluding carboxylic acids is 1. The highest BCUT2D eigenvalue weighted by Gasteiger charge is 2.24. The third-order valence-corrected chi connectivity index (χ3v) is 6.71. The van der Waals surface area contributed by atoms with E-state index >= 15 is 0 Å². The number of halogens is 1. The summed E-state index contributed by atoms with van der Waals surface area (Å²) < 4.78 is 0. The highest BCUT2D eigenvalue weighted by Crippen LogP contribution is 2.28. The fourth-order valence-corrected chi connectivity index (χ4v) is 4.54. The second-order valence-corrected chi connectivity index (χ2v) is 9.32. The Balaban J connectivity index is 1.46. The second kappa shape index (κ2) is 10.3. The van der Waals surface area contributed by atoms with Gasteiger partial charge < -0.3 is 21.1 Å². The van der Waals surface area contributed by atoms with Crippen LogP contribution in [0.4, 0.5) is 23.0 Å². The summed E-state index contributed by atoms with van der Waals surface area (Å²) in [5.74, 6) is 0.763. The summed E-state index contributed by atoms with van der Waals surface area (Å²) in [5, 5.41) is 22.9. The van der Waals surface area contributed by atoms with E-state index < -0.39 is 5.91 Å². The molecule has 2 aromatic carbocycles. The van der Waals surface area contributed by atoms with Gasteiger partial charge >= 0.3 is 5.82 Å². The number of hydrogen-bond acceptors (Lipinski definition) is 5. The van der Waals surface area contributed by atoms with Crippen molar-refractivity contribution in [3.05, 3.63) is 58.7 Å². The SMILES string of the molecule is CCc1cc(CNc2[nH+][nH]c(Nc3ccc(N4CCC(Cl)CC4)cc3)c2C(N)=O)cc(C)c1O. The van der Waals surface area contributed by atoms with Gasteiger partial charge in [-0.15, -0.1) is 11.6 Å². The molecule has 180 valence electrons. The summed E-state index contributed by atoms with van der Waals surface area (Å²) in [5.41, 5.74) is 10.7. The zero-order valence-electron chi connectivity index (χ0n) is 19.5. The number of anilines is 4. The monoisotopic (exact) mass is 483 g/mol. The number of H-pyrrole nitrogens is 2. The number of aromatic hydroxyl groups is 1. The normalized spacial score (nSPS) is 14.3. The van der Waals surface area contributed by atoms with Gasteiger partial charge in [-0.25, -0.2) is 5.10 Å². The van der Waals surface area contributed by atoms with Crippen LogP contribution in [0.15, 0.2) is 36.4 Å². The minimum Gasteiger partial charge on any atom is -0.507 e. The van der Waals surface area contributed by atoms with Gasteiger partial charge in [0.2, 0.25) is 0 Å². The first kappa shape index (κ1) is 23.8. The van der Waals surface area contributed by atoms with Crippen molar-refractivity contribution in [2.45, 2.75) is 45.0 Å². The number of primary amides is 1. The van der Waals surface area contributed by atoms with Crippen LogP contribution in [0.2, 0.25) is 0 Å². The number of aromatic amines is 2. The first-order valence-electron chi connectivity index (χ1n) is 11.6. The molecule has 0 atom stereocenters. The Kier molecular flexibility index (Phi) is 7.17. The number of nitrogens with zero attached hydrogens (tertiary/aromatic N) is 1. The van der Waals surface area contributed by atoms with Crippen LogP contribution in [-0.2, 0) is 13.0 Å². The number of nitrogens with one attached hydrogen (secondary N) is 4. The molecule has 0 spiro atoms. The van der Waals surface area contributed by atoms with E-state index in [1.54, 1.807) is 0 Å². The average Bonchev–Trinajstić information content (AvgIpc) is 3.23. The Morgan fingerprint density at radius 3 is 2.62 bits per heavy atom.